The number of carbonyl (C=O) groups is 11. The molecule has 0 saturated heterocycles. The van der Waals surface area contributed by atoms with Gasteiger partial charge >= 0.3 is 0 Å². The van der Waals surface area contributed by atoms with Crippen molar-refractivity contribution in [2.24, 2.45) is 46.4 Å². The Labute approximate surface area is 512 Å². The average Bonchev–Trinajstić information content (AvgIpc) is 3.39. The molecule has 26 heteroatoms. The quantitative estimate of drug-likeness (QED) is 0.0368. The number of Topliss-reactive ketones (excluding diaryl/α,β-unsaturated/α-hetero) is 1. The smallest absolute Gasteiger partial charge is 0.243 e. The SMILES string of the molecule is CCCCCCCC(=O)N[C@@H](CCCCN)C(=O)N[C@@H](CC(C)C)C(=O)N[C@@H](C)C(=O)N[C@@H](CCCCN)C(=O)N[C@@H](CC(C)C)C(=O)N[C@@H](C)C(=O)N[C@@H](CCCCN)C(=O)N[C@@H](CCCCN)C(=O)N[C@@H](CC(C)C)C(=O)N[C@@H](C)C(=O)CN. The van der Waals surface area contributed by atoms with Crippen LogP contribution >= 0.6 is 0 Å². The molecule has 0 aliphatic carbocycles. The van der Waals surface area contributed by atoms with Gasteiger partial charge in [-0.3, -0.25) is 52.7 Å². The maximum absolute atomic E-state index is 14.2. The molecule has 0 rings (SSSR count). The van der Waals surface area contributed by atoms with Gasteiger partial charge in [-0.25, -0.2) is 0 Å². The first-order chi connectivity index (χ1) is 40.7. The molecule has 0 spiro atoms. The van der Waals surface area contributed by atoms with E-state index in [1.54, 1.807) is 0 Å². The van der Waals surface area contributed by atoms with E-state index in [0.29, 0.717) is 90.4 Å². The van der Waals surface area contributed by atoms with Crippen LogP contribution in [0.4, 0.5) is 0 Å². The predicted molar refractivity (Wildman–Crippen MR) is 334 cm³/mol. The Bertz CT molecular complexity index is 2060. The first-order valence-corrected chi connectivity index (χ1v) is 31.8. The zero-order chi connectivity index (χ0) is 65.3. The summed E-state index contributed by atoms with van der Waals surface area (Å²) in [5, 5.41) is 27.3. The fourth-order valence-electron chi connectivity index (χ4n) is 9.32. The Morgan fingerprint density at radius 1 is 0.291 bits per heavy atom. The van der Waals surface area contributed by atoms with Gasteiger partial charge in [-0.1, -0.05) is 74.1 Å². The average molecular weight is 1220 g/mol. The molecule has 0 unspecified atom stereocenters. The van der Waals surface area contributed by atoms with Crippen molar-refractivity contribution >= 4 is 64.9 Å². The second-order valence-electron chi connectivity index (χ2n) is 24.0. The van der Waals surface area contributed by atoms with Gasteiger partial charge in [-0.05, 0) is 167 Å². The zero-order valence-corrected chi connectivity index (χ0v) is 53.8. The van der Waals surface area contributed by atoms with Crippen LogP contribution in [0.25, 0.3) is 0 Å². The normalized spacial score (nSPS) is 14.9. The Hall–Kier alpha value is -5.83. The van der Waals surface area contributed by atoms with Gasteiger partial charge in [-0.15, -0.1) is 0 Å². The van der Waals surface area contributed by atoms with Gasteiger partial charge < -0.3 is 81.8 Å². The van der Waals surface area contributed by atoms with E-state index in [-0.39, 0.29) is 75.2 Å². The lowest BCUT2D eigenvalue weighted by Gasteiger charge is -2.28. The summed E-state index contributed by atoms with van der Waals surface area (Å²) in [5.74, 6) is -7.02. The molecular formula is C60H115N15O11. The van der Waals surface area contributed by atoms with E-state index in [1.165, 1.54) is 20.8 Å². The summed E-state index contributed by atoms with van der Waals surface area (Å²) >= 11 is 0. The number of nitrogens with two attached hydrogens (primary N) is 5. The molecule has 26 nitrogen and oxygen atoms in total. The highest BCUT2D eigenvalue weighted by molar-refractivity contribution is 5.99. The van der Waals surface area contributed by atoms with Crippen LogP contribution in [0, 0.1) is 17.8 Å². The number of hydrogen-bond donors (Lipinski definition) is 15. The van der Waals surface area contributed by atoms with E-state index < -0.39 is 119 Å². The minimum Gasteiger partial charge on any atom is -0.345 e. The lowest BCUT2D eigenvalue weighted by molar-refractivity contribution is -0.136. The van der Waals surface area contributed by atoms with Crippen molar-refractivity contribution in [3.8, 4) is 0 Å². The second kappa shape index (κ2) is 46.3. The van der Waals surface area contributed by atoms with Crippen LogP contribution in [0.2, 0.25) is 0 Å². The van der Waals surface area contributed by atoms with Crippen molar-refractivity contribution < 1.29 is 52.7 Å². The highest BCUT2D eigenvalue weighted by Gasteiger charge is 2.35. The largest absolute Gasteiger partial charge is 0.345 e. The van der Waals surface area contributed by atoms with Crippen molar-refractivity contribution in [3.63, 3.8) is 0 Å². The number of ketones is 1. The molecule has 0 bridgehead atoms. The maximum atomic E-state index is 14.2. The number of nitrogens with one attached hydrogen (secondary N) is 10. The Kier molecular flexibility index (Phi) is 43.2. The van der Waals surface area contributed by atoms with Gasteiger partial charge in [-0.2, -0.15) is 0 Å². The number of carbonyl (C=O) groups excluding carboxylic acids is 11. The number of rotatable bonds is 49. The van der Waals surface area contributed by atoms with Crippen LogP contribution in [0.5, 0.6) is 0 Å². The van der Waals surface area contributed by atoms with Crippen LogP contribution < -0.4 is 81.8 Å². The Morgan fingerprint density at radius 2 is 0.558 bits per heavy atom. The summed E-state index contributed by atoms with van der Waals surface area (Å²) in [6.45, 7) is 18.6. The summed E-state index contributed by atoms with van der Waals surface area (Å²) in [7, 11) is 0. The van der Waals surface area contributed by atoms with Crippen LogP contribution in [0.3, 0.4) is 0 Å². The van der Waals surface area contributed by atoms with Crippen LogP contribution in [-0.4, -0.2) is 158 Å². The first-order valence-electron chi connectivity index (χ1n) is 31.8. The van der Waals surface area contributed by atoms with Crippen LogP contribution in [-0.2, 0) is 52.7 Å². The van der Waals surface area contributed by atoms with Gasteiger partial charge in [0.05, 0.1) is 12.6 Å². The summed E-state index contributed by atoms with van der Waals surface area (Å²) < 4.78 is 0. The highest BCUT2D eigenvalue weighted by Crippen LogP contribution is 2.14. The predicted octanol–water partition coefficient (Wildman–Crippen LogP) is 0.437. The summed E-state index contributed by atoms with van der Waals surface area (Å²) in [6, 6.07) is -11.2. The van der Waals surface area contributed by atoms with Crippen molar-refractivity contribution in [1.82, 2.24) is 53.2 Å². The maximum Gasteiger partial charge on any atom is 0.243 e. The lowest BCUT2D eigenvalue weighted by Crippen LogP contribution is -2.60. The van der Waals surface area contributed by atoms with E-state index in [4.69, 9.17) is 28.7 Å². The zero-order valence-electron chi connectivity index (χ0n) is 53.8. The summed E-state index contributed by atoms with van der Waals surface area (Å²) in [5.41, 5.74) is 28.5. The monoisotopic (exact) mass is 1220 g/mol. The van der Waals surface area contributed by atoms with Gasteiger partial charge in [0.15, 0.2) is 5.78 Å². The van der Waals surface area contributed by atoms with Gasteiger partial charge in [0.25, 0.3) is 0 Å². The van der Waals surface area contributed by atoms with Gasteiger partial charge in [0.1, 0.15) is 54.4 Å². The number of hydrogen-bond acceptors (Lipinski definition) is 16. The molecule has 0 aromatic rings. The van der Waals surface area contributed by atoms with E-state index in [1.807, 2.05) is 41.5 Å². The highest BCUT2D eigenvalue weighted by atomic mass is 16.2. The molecule has 0 fully saturated rings. The third kappa shape index (κ3) is 35.1. The number of unbranched alkanes of at least 4 members (excludes halogenated alkanes) is 8. The van der Waals surface area contributed by atoms with E-state index in [9.17, 15) is 52.7 Å². The lowest BCUT2D eigenvalue weighted by atomic mass is 10.0. The van der Waals surface area contributed by atoms with Crippen molar-refractivity contribution in [2.45, 2.75) is 264 Å². The van der Waals surface area contributed by atoms with E-state index in [0.717, 1.165) is 25.7 Å². The molecule has 0 saturated carbocycles. The summed E-state index contributed by atoms with van der Waals surface area (Å²) in [6.07, 6.45) is 10.2. The standard InChI is InChI=1S/C60H115N15O11/c1-11-12-13-14-15-28-51(77)69-43(24-16-20-29-61)54(80)73-48(34-38(4)5)59(85)67-42(10)53(79)71-45(26-18-22-31-63)56(82)75-49(35-39(6)7)60(86)68-41(9)52(78)70-44(25-17-21-30-62)55(81)72-46(27-19-23-32-64)57(83)74-47(33-37(2)3)58(84)66-40(8)50(76)36-65/h37-49H,11-36,61-65H2,1-10H3,(H,66,84)(H,67,85)(H,68,86)(H,69,77)(H,70,78)(H,71,79)(H,72,81)(H,73,80)(H,74,83)(H,75,82)/t40-,41-,42-,43-,44-,45-,46-,47-,48-,49-/m0/s1. The van der Waals surface area contributed by atoms with Gasteiger partial charge in [0.2, 0.25) is 59.1 Å². The third-order valence-corrected chi connectivity index (χ3v) is 14.4. The van der Waals surface area contributed by atoms with E-state index >= 15 is 0 Å². The third-order valence-electron chi connectivity index (χ3n) is 14.4. The molecule has 0 aliphatic heterocycles. The number of amides is 10. The Balaban J connectivity index is 6.45. The topological polar surface area (TPSA) is 438 Å². The molecule has 0 radical (unpaired) electrons. The molecule has 496 valence electrons. The van der Waals surface area contributed by atoms with Crippen molar-refractivity contribution in [2.75, 3.05) is 32.7 Å². The van der Waals surface area contributed by atoms with E-state index in [2.05, 4.69) is 60.1 Å². The molecule has 86 heavy (non-hydrogen) atoms. The molecule has 0 aliphatic rings. The molecule has 10 amide bonds. The molecular weight excluding hydrogens is 1110 g/mol. The molecule has 0 heterocycles. The van der Waals surface area contributed by atoms with Crippen LogP contribution in [0.1, 0.15) is 204 Å². The fourth-order valence-corrected chi connectivity index (χ4v) is 9.32. The minimum absolute atomic E-state index is 0.0560. The van der Waals surface area contributed by atoms with Crippen LogP contribution in [0.15, 0.2) is 0 Å². The summed E-state index contributed by atoms with van der Waals surface area (Å²) in [4.78, 5) is 150. The van der Waals surface area contributed by atoms with Crippen molar-refractivity contribution in [1.29, 1.82) is 0 Å². The second-order valence-corrected chi connectivity index (χ2v) is 24.0. The molecule has 20 N–H and O–H groups in total. The molecule has 10 atom stereocenters. The van der Waals surface area contributed by atoms with Crippen molar-refractivity contribution in [3.05, 3.63) is 0 Å². The molecule has 0 aromatic carbocycles. The fraction of sp³-hybridized carbons (Fsp3) is 0.817. The Morgan fingerprint density at radius 3 is 0.849 bits per heavy atom. The van der Waals surface area contributed by atoms with Gasteiger partial charge in [0, 0.05) is 6.42 Å². The minimum atomic E-state index is -1.26. The first kappa shape index (κ1) is 80.2. The molecule has 0 aromatic heterocycles.